The summed E-state index contributed by atoms with van der Waals surface area (Å²) in [7, 11) is 0. The smallest absolute Gasteiger partial charge is 0.247 e. The van der Waals surface area contributed by atoms with Gasteiger partial charge in [-0.3, -0.25) is 4.57 Å². The summed E-state index contributed by atoms with van der Waals surface area (Å²) in [5.41, 5.74) is 14.5. The van der Waals surface area contributed by atoms with Crippen LogP contribution in [0.4, 0.5) is 0 Å². The van der Waals surface area contributed by atoms with Crippen LogP contribution in [-0.2, 0) is 0 Å². The van der Waals surface area contributed by atoms with Gasteiger partial charge >= 0.3 is 0 Å². The number of aromatic nitrogens is 4. The number of fused-ring (bicyclic) bond motifs is 18. The van der Waals surface area contributed by atoms with Gasteiger partial charge in [-0.1, -0.05) is 121 Å². The predicted octanol–water partition coefficient (Wildman–Crippen LogP) is 14.3. The van der Waals surface area contributed by atoms with E-state index in [1.54, 1.807) is 0 Å². The summed E-state index contributed by atoms with van der Waals surface area (Å²) >= 11 is 1.81. The molecule has 6 heteroatoms. The maximum atomic E-state index is 6.50. The largest absolute Gasteiger partial charge is 0.436 e. The van der Waals surface area contributed by atoms with Crippen LogP contribution in [0.1, 0.15) is 0 Å². The third-order valence-electron chi connectivity index (χ3n) is 12.3. The topological polar surface area (TPSA) is 48.8 Å². The van der Waals surface area contributed by atoms with Crippen LogP contribution in [0, 0.1) is 0 Å². The van der Waals surface area contributed by atoms with Crippen LogP contribution in [0.3, 0.4) is 0 Å². The van der Waals surface area contributed by atoms with Gasteiger partial charge in [0, 0.05) is 63.8 Å². The molecule has 0 fully saturated rings. The van der Waals surface area contributed by atoms with E-state index in [0.29, 0.717) is 5.71 Å². The quantitative estimate of drug-likeness (QED) is 0.176. The number of nitrogens with zero attached hydrogens (tertiary/aromatic N) is 4. The van der Waals surface area contributed by atoms with Crippen molar-refractivity contribution < 1.29 is 4.42 Å². The molecule has 5 nitrogen and oxygen atoms in total. The lowest BCUT2D eigenvalue weighted by Crippen LogP contribution is -2.03. The van der Waals surface area contributed by atoms with Crippen LogP contribution in [0.15, 0.2) is 174 Å². The molecule has 5 aromatic heterocycles. The van der Waals surface area contributed by atoms with Crippen molar-refractivity contribution in [2.45, 2.75) is 0 Å². The summed E-state index contributed by atoms with van der Waals surface area (Å²) in [6.07, 6.45) is 0. The normalized spacial score (nSPS) is 12.5. The summed E-state index contributed by atoms with van der Waals surface area (Å²) in [6.45, 7) is 0. The zero-order valence-electron chi connectivity index (χ0n) is 30.8. The molecule has 8 aromatic carbocycles. The predicted molar refractivity (Wildman–Crippen MR) is 241 cm³/mol. The van der Waals surface area contributed by atoms with E-state index in [1.807, 2.05) is 29.5 Å². The van der Waals surface area contributed by atoms with Crippen LogP contribution < -0.4 is 0 Å². The summed E-state index contributed by atoms with van der Waals surface area (Å²) in [5, 5.41) is 8.10. The summed E-state index contributed by atoms with van der Waals surface area (Å²) in [6, 6.07) is 61.2. The van der Waals surface area contributed by atoms with Gasteiger partial charge in [-0.25, -0.2) is 9.97 Å². The molecule has 1 aliphatic rings. The van der Waals surface area contributed by atoms with E-state index in [1.165, 1.54) is 75.3 Å². The van der Waals surface area contributed by atoms with Crippen molar-refractivity contribution in [3.63, 3.8) is 0 Å². The van der Waals surface area contributed by atoms with Crippen LogP contribution >= 0.6 is 11.3 Å². The van der Waals surface area contributed by atoms with Crippen molar-refractivity contribution in [1.29, 1.82) is 0 Å². The van der Waals surface area contributed by atoms with Gasteiger partial charge in [0.1, 0.15) is 16.8 Å². The molecule has 13 aromatic rings. The Morgan fingerprint density at radius 3 is 1.98 bits per heavy atom. The first kappa shape index (κ1) is 30.7. The lowest BCUT2D eigenvalue weighted by atomic mass is 9.91. The minimum atomic E-state index is 0.529. The molecule has 0 N–H and O–H groups in total. The van der Waals surface area contributed by atoms with Gasteiger partial charge in [-0.05, 0) is 59.7 Å². The van der Waals surface area contributed by atoms with Gasteiger partial charge < -0.3 is 8.98 Å². The van der Waals surface area contributed by atoms with Crippen LogP contribution in [0.2, 0.25) is 0 Å². The highest BCUT2D eigenvalue weighted by atomic mass is 32.1. The standard InChI is InChI=1S/C52H28N4OS/c1-2-17-32-29(14-1)30-15-3-8-22-38(30)55-39-23-9-4-16-31(39)37-28-41-46(47(32)50(37)55)33-18-5-10-24-40(33)56(41)51-48(54-52-49(53-51)34-19-6-11-25-42(34)57-52)36-21-13-27-44-45(36)35-20-7-12-26-43(35)58-44/h1-28H. The summed E-state index contributed by atoms with van der Waals surface area (Å²) < 4.78 is 13.8. The Morgan fingerprint density at radius 2 is 1.10 bits per heavy atom. The first-order valence-electron chi connectivity index (χ1n) is 19.6. The zero-order chi connectivity index (χ0) is 37.6. The average Bonchev–Trinajstić information content (AvgIpc) is 4.01. The lowest BCUT2D eigenvalue weighted by Gasteiger charge is -2.14. The molecule has 14 rings (SSSR count). The van der Waals surface area contributed by atoms with Gasteiger partial charge in [0.2, 0.25) is 5.71 Å². The Morgan fingerprint density at radius 1 is 0.448 bits per heavy atom. The fourth-order valence-corrected chi connectivity index (χ4v) is 11.1. The summed E-state index contributed by atoms with van der Waals surface area (Å²) in [4.78, 5) is 11.2. The molecule has 58 heavy (non-hydrogen) atoms. The molecule has 0 unspecified atom stereocenters. The Balaban J connectivity index is 1.22. The fourth-order valence-electron chi connectivity index (χ4n) is 9.97. The van der Waals surface area contributed by atoms with Gasteiger partial charge in [-0.2, -0.15) is 0 Å². The number of rotatable bonds is 2. The van der Waals surface area contributed by atoms with E-state index in [2.05, 4.69) is 161 Å². The molecule has 6 heterocycles. The molecule has 0 radical (unpaired) electrons. The minimum Gasteiger partial charge on any atom is -0.436 e. The van der Waals surface area contributed by atoms with E-state index in [0.717, 1.165) is 50.0 Å². The second-order valence-electron chi connectivity index (χ2n) is 15.2. The van der Waals surface area contributed by atoms with E-state index in [4.69, 9.17) is 14.4 Å². The van der Waals surface area contributed by atoms with Crippen molar-refractivity contribution in [3.8, 4) is 45.0 Å². The van der Waals surface area contributed by atoms with Crippen molar-refractivity contribution in [2.75, 3.05) is 0 Å². The highest BCUT2D eigenvalue weighted by Gasteiger charge is 2.30. The molecule has 0 bridgehead atoms. The van der Waals surface area contributed by atoms with E-state index < -0.39 is 0 Å². The molecular formula is C52H28N4OS. The van der Waals surface area contributed by atoms with Crippen LogP contribution in [0.5, 0.6) is 0 Å². The number of hydrogen-bond donors (Lipinski definition) is 0. The second kappa shape index (κ2) is 11.1. The fraction of sp³-hybridized carbons (Fsp3) is 0. The van der Waals surface area contributed by atoms with Crippen molar-refractivity contribution in [3.05, 3.63) is 170 Å². The van der Waals surface area contributed by atoms with Crippen molar-refractivity contribution in [1.82, 2.24) is 19.1 Å². The lowest BCUT2D eigenvalue weighted by molar-refractivity contribution is 0.653. The third-order valence-corrected chi connectivity index (χ3v) is 13.4. The number of para-hydroxylation sites is 4. The zero-order valence-corrected chi connectivity index (χ0v) is 31.6. The molecule has 0 spiro atoms. The molecule has 268 valence electrons. The molecule has 0 atom stereocenters. The Hall–Kier alpha value is -7.54. The second-order valence-corrected chi connectivity index (χ2v) is 16.3. The molecule has 0 saturated heterocycles. The van der Waals surface area contributed by atoms with Crippen LogP contribution in [-0.4, -0.2) is 19.1 Å². The molecule has 0 aliphatic carbocycles. The van der Waals surface area contributed by atoms with Gasteiger partial charge in [0.15, 0.2) is 5.82 Å². The van der Waals surface area contributed by atoms with Crippen molar-refractivity contribution >= 4 is 97.3 Å². The monoisotopic (exact) mass is 756 g/mol. The highest BCUT2D eigenvalue weighted by Crippen LogP contribution is 2.52. The SMILES string of the molecule is c1ccc2c(c1)-c1ccccc1-n1c3ccccc3c3cc4c(c-2c31)c1ccccc1n4-c1nc2c(nc1-c1cccc3sc4ccccc4c13)oc1ccccc12. The van der Waals surface area contributed by atoms with E-state index >= 15 is 0 Å². The molecule has 1 aliphatic heterocycles. The third kappa shape index (κ3) is 3.85. The Bertz CT molecular complexity index is 3940. The number of benzene rings is 8. The van der Waals surface area contributed by atoms with Crippen molar-refractivity contribution in [2.24, 2.45) is 0 Å². The minimum absolute atomic E-state index is 0.529. The van der Waals surface area contributed by atoms with Crippen LogP contribution in [0.25, 0.3) is 131 Å². The number of thiophene rings is 1. The Labute approximate surface area is 334 Å². The summed E-state index contributed by atoms with van der Waals surface area (Å²) in [5.74, 6) is 0.772. The first-order valence-corrected chi connectivity index (χ1v) is 20.4. The maximum absolute atomic E-state index is 6.50. The molecular weight excluding hydrogens is 729 g/mol. The molecule has 0 saturated carbocycles. The number of furan rings is 1. The Kier molecular flexibility index (Phi) is 5.85. The van der Waals surface area contributed by atoms with E-state index in [-0.39, 0.29) is 0 Å². The highest BCUT2D eigenvalue weighted by molar-refractivity contribution is 7.25. The van der Waals surface area contributed by atoms with Gasteiger partial charge in [0.25, 0.3) is 0 Å². The van der Waals surface area contributed by atoms with Gasteiger partial charge in [0.05, 0.1) is 27.8 Å². The number of hydrogen-bond acceptors (Lipinski definition) is 4. The first-order chi connectivity index (χ1) is 28.8. The maximum Gasteiger partial charge on any atom is 0.247 e. The molecule has 0 amide bonds. The average molecular weight is 757 g/mol. The van der Waals surface area contributed by atoms with E-state index in [9.17, 15) is 0 Å². The van der Waals surface area contributed by atoms with Gasteiger partial charge in [-0.15, -0.1) is 11.3 Å².